The molecule has 1 aromatic heterocycles. The Hall–Kier alpha value is -0.0600. The van der Waals surface area contributed by atoms with Gasteiger partial charge in [0.2, 0.25) is 0 Å². The van der Waals surface area contributed by atoms with Gasteiger partial charge in [0.25, 0.3) is 0 Å². The maximum Gasteiger partial charge on any atom is 0.317 e. The predicted molar refractivity (Wildman–Crippen MR) is 95.1 cm³/mol. The Morgan fingerprint density at radius 3 is 2.10 bits per heavy atom. The van der Waals surface area contributed by atoms with E-state index in [1.165, 1.54) is 79.7 Å². The second-order valence-electron chi connectivity index (χ2n) is 5.86. The lowest BCUT2D eigenvalue weighted by molar-refractivity contribution is -0.715. The summed E-state index contributed by atoms with van der Waals surface area (Å²) in [6.07, 6.45) is 10.7. The summed E-state index contributed by atoms with van der Waals surface area (Å²) in [6, 6.07) is 0. The Balaban J connectivity index is 2.62. The molecule has 3 heteroatoms. The number of aromatic nitrogens is 2. The van der Waals surface area contributed by atoms with Crippen molar-refractivity contribution in [2.24, 2.45) is 0 Å². The number of nitrogens with zero attached hydrogens (tertiary/aromatic N) is 2. The third-order valence-electron chi connectivity index (χ3n) is 4.25. The molecule has 0 aromatic carbocycles. The van der Waals surface area contributed by atoms with Gasteiger partial charge in [0.1, 0.15) is 11.4 Å². The molecule has 0 aliphatic carbocycles. The Morgan fingerprint density at radius 2 is 1.50 bits per heavy atom. The van der Waals surface area contributed by atoms with Crippen LogP contribution in [0.5, 0.6) is 0 Å². The Morgan fingerprint density at radius 1 is 0.900 bits per heavy atom. The Bertz CT molecular complexity index is 361. The van der Waals surface area contributed by atoms with Gasteiger partial charge in [-0.1, -0.05) is 39.5 Å². The molecule has 0 spiro atoms. The molecular weight excluding hydrogens is 359 g/mol. The summed E-state index contributed by atoms with van der Waals surface area (Å²) < 4.78 is 6.46. The monoisotopic (exact) mass is 391 g/mol. The summed E-state index contributed by atoms with van der Waals surface area (Å²) in [5.41, 5.74) is 2.92. The fraction of sp³-hybridized carbons (Fsp3) is 0.824. The van der Waals surface area contributed by atoms with Gasteiger partial charge in [-0.3, -0.25) is 0 Å². The van der Waals surface area contributed by atoms with E-state index in [2.05, 4.69) is 59.4 Å². The zero-order chi connectivity index (χ0) is 15.0. The molecule has 0 saturated heterocycles. The number of unbranched alkanes of at least 4 members (excludes halogenated alkanes) is 6. The first-order valence-electron chi connectivity index (χ1n) is 8.38. The quantitative estimate of drug-likeness (QED) is 0.296. The molecule has 0 atom stereocenters. The first kappa shape index (κ1) is 18.0. The molecule has 0 N–H and O–H groups in total. The van der Waals surface area contributed by atoms with Crippen molar-refractivity contribution >= 4 is 22.6 Å². The van der Waals surface area contributed by atoms with Crippen LogP contribution in [0.25, 0.3) is 0 Å². The Kier molecular flexibility index (Phi) is 8.82. The van der Waals surface area contributed by atoms with Crippen LogP contribution in [-0.2, 0) is 13.1 Å². The van der Waals surface area contributed by atoms with Crippen molar-refractivity contribution in [3.05, 3.63) is 15.2 Å². The smallest absolute Gasteiger partial charge is 0.223 e. The SMILES string of the molecule is CCCCCCn1c(C)c(C)[n+](CCCCCC)c1I. The molecule has 2 nitrogen and oxygen atoms in total. The standard InChI is InChI=1S/C17H32IN2/c1-5-7-9-11-13-19-15(3)16(4)20(17(19)18)14-12-10-8-6-2/h5-14H2,1-4H3/q+1. The molecule has 0 radical (unpaired) electrons. The van der Waals surface area contributed by atoms with Crippen LogP contribution in [0.3, 0.4) is 0 Å². The molecule has 0 bridgehead atoms. The molecule has 116 valence electrons. The topological polar surface area (TPSA) is 8.81 Å². The first-order valence-corrected chi connectivity index (χ1v) is 9.46. The maximum absolute atomic E-state index is 2.54. The predicted octanol–water partition coefficient (Wildman–Crippen LogP) is 5.16. The summed E-state index contributed by atoms with van der Waals surface area (Å²) in [4.78, 5) is 0. The highest BCUT2D eigenvalue weighted by Gasteiger charge is 2.22. The van der Waals surface area contributed by atoms with Gasteiger partial charge in [0, 0.05) is 13.8 Å². The van der Waals surface area contributed by atoms with Crippen molar-refractivity contribution in [1.82, 2.24) is 4.57 Å². The van der Waals surface area contributed by atoms with Crippen molar-refractivity contribution in [3.63, 3.8) is 0 Å². The highest BCUT2D eigenvalue weighted by molar-refractivity contribution is 14.1. The van der Waals surface area contributed by atoms with Gasteiger partial charge in [-0.05, 0) is 25.7 Å². The van der Waals surface area contributed by atoms with Gasteiger partial charge < -0.3 is 0 Å². The van der Waals surface area contributed by atoms with E-state index in [4.69, 9.17) is 0 Å². The van der Waals surface area contributed by atoms with Crippen molar-refractivity contribution in [1.29, 1.82) is 0 Å². The van der Waals surface area contributed by atoms with Gasteiger partial charge in [-0.25, -0.2) is 9.13 Å². The Labute approximate surface area is 139 Å². The van der Waals surface area contributed by atoms with Crippen molar-refractivity contribution in [2.45, 2.75) is 92.2 Å². The molecule has 1 aromatic rings. The van der Waals surface area contributed by atoms with Gasteiger partial charge in [0.05, 0.1) is 35.7 Å². The molecule has 0 amide bonds. The minimum Gasteiger partial charge on any atom is -0.223 e. The molecule has 0 saturated carbocycles. The van der Waals surface area contributed by atoms with Crippen LogP contribution in [0.2, 0.25) is 0 Å². The van der Waals surface area contributed by atoms with E-state index >= 15 is 0 Å². The third kappa shape index (κ3) is 5.05. The molecule has 1 rings (SSSR count). The van der Waals surface area contributed by atoms with Crippen LogP contribution in [0, 0.1) is 17.7 Å². The van der Waals surface area contributed by atoms with Crippen molar-refractivity contribution in [3.8, 4) is 0 Å². The van der Waals surface area contributed by atoms with Gasteiger partial charge in [-0.2, -0.15) is 0 Å². The molecule has 0 fully saturated rings. The van der Waals surface area contributed by atoms with Crippen LogP contribution in [-0.4, -0.2) is 4.57 Å². The van der Waals surface area contributed by atoms with E-state index in [0.29, 0.717) is 0 Å². The minimum atomic E-state index is 1.19. The largest absolute Gasteiger partial charge is 0.317 e. The summed E-state index contributed by atoms with van der Waals surface area (Å²) in [5, 5.41) is 0. The third-order valence-corrected chi connectivity index (χ3v) is 5.41. The summed E-state index contributed by atoms with van der Waals surface area (Å²) in [6.45, 7) is 11.5. The zero-order valence-corrected chi connectivity index (χ0v) is 16.0. The number of hydrogen-bond donors (Lipinski definition) is 0. The van der Waals surface area contributed by atoms with Crippen LogP contribution in [0.15, 0.2) is 0 Å². The molecule has 0 aliphatic rings. The van der Waals surface area contributed by atoms with E-state index in [0.717, 1.165) is 0 Å². The number of rotatable bonds is 10. The van der Waals surface area contributed by atoms with E-state index in [1.807, 2.05) is 0 Å². The highest BCUT2D eigenvalue weighted by atomic mass is 127. The lowest BCUT2D eigenvalue weighted by Crippen LogP contribution is -2.39. The normalized spacial score (nSPS) is 11.2. The number of imidazole rings is 1. The summed E-state index contributed by atoms with van der Waals surface area (Å²) >= 11 is 2.54. The molecule has 0 unspecified atom stereocenters. The lowest BCUT2D eigenvalue weighted by atomic mass is 10.2. The summed E-state index contributed by atoms with van der Waals surface area (Å²) in [7, 11) is 0. The second-order valence-corrected chi connectivity index (χ2v) is 6.83. The van der Waals surface area contributed by atoms with Crippen molar-refractivity contribution in [2.75, 3.05) is 0 Å². The number of hydrogen-bond acceptors (Lipinski definition) is 0. The van der Waals surface area contributed by atoms with Crippen LogP contribution in [0.1, 0.15) is 76.6 Å². The fourth-order valence-electron chi connectivity index (χ4n) is 2.73. The number of halogens is 1. The van der Waals surface area contributed by atoms with E-state index in [9.17, 15) is 0 Å². The minimum absolute atomic E-state index is 1.19. The zero-order valence-electron chi connectivity index (χ0n) is 13.8. The maximum atomic E-state index is 2.54. The highest BCUT2D eigenvalue weighted by Crippen LogP contribution is 2.14. The molecular formula is C17H32IN2+. The van der Waals surface area contributed by atoms with E-state index in [1.54, 1.807) is 0 Å². The molecule has 1 heterocycles. The first-order chi connectivity index (χ1) is 9.63. The van der Waals surface area contributed by atoms with Crippen LogP contribution in [0.4, 0.5) is 0 Å². The van der Waals surface area contributed by atoms with Gasteiger partial charge in [0.15, 0.2) is 0 Å². The summed E-state index contributed by atoms with van der Waals surface area (Å²) in [5.74, 6) is 0. The molecule has 0 aliphatic heterocycles. The second kappa shape index (κ2) is 9.80. The molecule has 20 heavy (non-hydrogen) atoms. The van der Waals surface area contributed by atoms with E-state index in [-0.39, 0.29) is 0 Å². The average molecular weight is 391 g/mol. The van der Waals surface area contributed by atoms with Crippen molar-refractivity contribution < 1.29 is 4.57 Å². The van der Waals surface area contributed by atoms with E-state index < -0.39 is 0 Å². The van der Waals surface area contributed by atoms with Gasteiger partial charge in [-0.15, -0.1) is 0 Å². The van der Waals surface area contributed by atoms with Gasteiger partial charge >= 0.3 is 3.83 Å². The van der Waals surface area contributed by atoms with Crippen LogP contribution >= 0.6 is 22.6 Å². The average Bonchev–Trinajstić information content (AvgIpc) is 2.64. The lowest BCUT2D eigenvalue weighted by Gasteiger charge is -2.02. The van der Waals surface area contributed by atoms with Crippen LogP contribution < -0.4 is 4.57 Å². The fourth-order valence-corrected chi connectivity index (χ4v) is 3.93.